The molecular formula is C49H29N3S2. The Morgan fingerprint density at radius 2 is 0.926 bits per heavy atom. The monoisotopic (exact) mass is 723 g/mol. The van der Waals surface area contributed by atoms with Gasteiger partial charge in [-0.2, -0.15) is 0 Å². The highest BCUT2D eigenvalue weighted by Crippen LogP contribution is 2.42. The Bertz CT molecular complexity index is 3210. The van der Waals surface area contributed by atoms with Crippen molar-refractivity contribution in [3.63, 3.8) is 0 Å². The fourth-order valence-electron chi connectivity index (χ4n) is 7.74. The molecule has 3 nitrogen and oxygen atoms in total. The van der Waals surface area contributed by atoms with E-state index in [9.17, 15) is 0 Å². The molecule has 0 aliphatic heterocycles. The molecule has 7 aromatic carbocycles. The number of aromatic nitrogens is 3. The van der Waals surface area contributed by atoms with E-state index in [2.05, 4.69) is 170 Å². The van der Waals surface area contributed by atoms with E-state index in [0.717, 1.165) is 61.1 Å². The second kappa shape index (κ2) is 12.6. The highest BCUT2D eigenvalue weighted by molar-refractivity contribution is 7.26. The zero-order valence-electron chi connectivity index (χ0n) is 28.9. The van der Waals surface area contributed by atoms with E-state index in [0.29, 0.717) is 0 Å². The molecule has 0 unspecified atom stereocenters. The number of pyridine rings is 1. The van der Waals surface area contributed by atoms with Crippen LogP contribution >= 0.6 is 22.7 Å². The average Bonchev–Trinajstić information content (AvgIpc) is 3.82. The molecule has 0 saturated carbocycles. The number of fused-ring (bicyclic) bond motifs is 8. The van der Waals surface area contributed by atoms with E-state index in [1.807, 2.05) is 6.07 Å². The minimum Gasteiger partial charge on any atom is -0.236 e. The molecule has 5 heteroatoms. The third kappa shape index (κ3) is 5.12. The van der Waals surface area contributed by atoms with Crippen molar-refractivity contribution in [3.05, 3.63) is 176 Å². The highest BCUT2D eigenvalue weighted by atomic mass is 32.1. The summed E-state index contributed by atoms with van der Waals surface area (Å²) in [5.41, 5.74) is 9.36. The van der Waals surface area contributed by atoms with E-state index in [-0.39, 0.29) is 0 Å². The molecule has 0 bridgehead atoms. The van der Waals surface area contributed by atoms with E-state index in [4.69, 9.17) is 15.0 Å². The number of rotatable bonds is 5. The van der Waals surface area contributed by atoms with Crippen LogP contribution in [0.3, 0.4) is 0 Å². The Balaban J connectivity index is 1.00. The van der Waals surface area contributed by atoms with Gasteiger partial charge in [0.1, 0.15) is 4.83 Å². The van der Waals surface area contributed by atoms with Crippen molar-refractivity contribution < 1.29 is 0 Å². The van der Waals surface area contributed by atoms with Gasteiger partial charge < -0.3 is 0 Å². The van der Waals surface area contributed by atoms with Crippen LogP contribution in [0.5, 0.6) is 0 Å². The number of thiophene rings is 2. The number of benzene rings is 7. The number of hydrogen-bond acceptors (Lipinski definition) is 5. The molecule has 0 amide bonds. The first kappa shape index (κ1) is 31.0. The van der Waals surface area contributed by atoms with Crippen molar-refractivity contribution in [2.24, 2.45) is 0 Å². The summed E-state index contributed by atoms with van der Waals surface area (Å²) >= 11 is 3.57. The van der Waals surface area contributed by atoms with Gasteiger partial charge in [0.15, 0.2) is 5.82 Å². The summed E-state index contributed by atoms with van der Waals surface area (Å²) in [6.07, 6.45) is 0. The van der Waals surface area contributed by atoms with Gasteiger partial charge in [-0.25, -0.2) is 15.0 Å². The Morgan fingerprint density at radius 3 is 1.72 bits per heavy atom. The van der Waals surface area contributed by atoms with Gasteiger partial charge in [-0.1, -0.05) is 146 Å². The molecule has 0 aliphatic carbocycles. The summed E-state index contributed by atoms with van der Waals surface area (Å²) in [5.74, 6) is 0.732. The smallest absolute Gasteiger partial charge is 0.161 e. The van der Waals surface area contributed by atoms with Crippen LogP contribution in [-0.4, -0.2) is 15.0 Å². The Labute approximate surface area is 319 Å². The zero-order valence-corrected chi connectivity index (χ0v) is 30.5. The highest BCUT2D eigenvalue weighted by Gasteiger charge is 2.17. The van der Waals surface area contributed by atoms with Crippen LogP contribution < -0.4 is 0 Å². The lowest BCUT2D eigenvalue weighted by Crippen LogP contribution is -1.96. The van der Waals surface area contributed by atoms with Crippen LogP contribution in [0.25, 0.3) is 108 Å². The van der Waals surface area contributed by atoms with Crippen LogP contribution in [0.15, 0.2) is 176 Å². The third-order valence-electron chi connectivity index (χ3n) is 10.3. The first-order valence-corrected chi connectivity index (χ1v) is 19.6. The second-order valence-corrected chi connectivity index (χ2v) is 15.6. The average molecular weight is 724 g/mol. The van der Waals surface area contributed by atoms with E-state index >= 15 is 0 Å². The number of hydrogen-bond donors (Lipinski definition) is 0. The number of nitrogens with zero attached hydrogens (tertiary/aromatic N) is 3. The van der Waals surface area contributed by atoms with Crippen LogP contribution in [-0.2, 0) is 0 Å². The topological polar surface area (TPSA) is 38.7 Å². The molecule has 11 aromatic rings. The van der Waals surface area contributed by atoms with Crippen molar-refractivity contribution in [1.82, 2.24) is 15.0 Å². The summed E-state index contributed by atoms with van der Waals surface area (Å²) in [6, 6.07) is 62.4. The molecule has 11 rings (SSSR count). The predicted octanol–water partition coefficient (Wildman–Crippen LogP) is 14.1. The summed E-state index contributed by atoms with van der Waals surface area (Å²) in [6.45, 7) is 0. The molecule has 0 N–H and O–H groups in total. The summed E-state index contributed by atoms with van der Waals surface area (Å²) < 4.78 is 3.74. The lowest BCUT2D eigenvalue weighted by atomic mass is 9.97. The molecule has 0 fully saturated rings. The van der Waals surface area contributed by atoms with Gasteiger partial charge in [-0.05, 0) is 46.8 Å². The van der Waals surface area contributed by atoms with Crippen molar-refractivity contribution in [2.75, 3.05) is 0 Å². The van der Waals surface area contributed by atoms with Gasteiger partial charge in [0, 0.05) is 63.3 Å². The fourth-order valence-corrected chi connectivity index (χ4v) is 10.0. The van der Waals surface area contributed by atoms with Crippen molar-refractivity contribution in [1.29, 1.82) is 0 Å². The molecule has 0 aliphatic rings. The molecule has 252 valence electrons. The minimum atomic E-state index is 0.732. The molecule has 4 aromatic heterocycles. The minimum absolute atomic E-state index is 0.732. The maximum Gasteiger partial charge on any atom is 0.161 e. The summed E-state index contributed by atoms with van der Waals surface area (Å²) in [4.78, 5) is 16.8. The first-order chi connectivity index (χ1) is 26.7. The normalized spacial score (nSPS) is 11.7. The Morgan fingerprint density at radius 1 is 0.352 bits per heavy atom. The van der Waals surface area contributed by atoms with Crippen molar-refractivity contribution >= 4 is 73.9 Å². The summed E-state index contributed by atoms with van der Waals surface area (Å²) in [5, 5.41) is 7.43. The lowest BCUT2D eigenvalue weighted by Gasteiger charge is -2.12. The van der Waals surface area contributed by atoms with Gasteiger partial charge in [0.05, 0.1) is 17.1 Å². The predicted molar refractivity (Wildman–Crippen MR) is 230 cm³/mol. The largest absolute Gasteiger partial charge is 0.236 e. The van der Waals surface area contributed by atoms with Gasteiger partial charge in [-0.3, -0.25) is 0 Å². The molecule has 0 spiro atoms. The first-order valence-electron chi connectivity index (χ1n) is 18.0. The van der Waals surface area contributed by atoms with E-state index in [1.165, 1.54) is 46.4 Å². The Kier molecular flexibility index (Phi) is 7.22. The van der Waals surface area contributed by atoms with Crippen LogP contribution in [0.4, 0.5) is 0 Å². The SMILES string of the molecule is c1ccc(-c2cc(-c3ccc(-c4cccc(-c5nc6sc7ccccc7c6c6ccccc56)c4)cc3)nc(-c3cccc4c3sc3ccccc34)n2)cc1. The second-order valence-electron chi connectivity index (χ2n) is 13.6. The fraction of sp³-hybridized carbons (Fsp3) is 0. The van der Waals surface area contributed by atoms with Crippen LogP contribution in [0.2, 0.25) is 0 Å². The molecule has 0 radical (unpaired) electrons. The van der Waals surface area contributed by atoms with Crippen molar-refractivity contribution in [3.8, 4) is 56.3 Å². The molecule has 0 atom stereocenters. The quantitative estimate of drug-likeness (QED) is 0.177. The maximum atomic E-state index is 5.30. The van der Waals surface area contributed by atoms with Gasteiger partial charge >= 0.3 is 0 Å². The van der Waals surface area contributed by atoms with Crippen molar-refractivity contribution in [2.45, 2.75) is 0 Å². The maximum absolute atomic E-state index is 5.30. The third-order valence-corrected chi connectivity index (χ3v) is 12.6. The molecule has 4 heterocycles. The molecular weight excluding hydrogens is 695 g/mol. The van der Waals surface area contributed by atoms with Gasteiger partial charge in [0.2, 0.25) is 0 Å². The van der Waals surface area contributed by atoms with Crippen LogP contribution in [0.1, 0.15) is 0 Å². The standard InChI is InChI=1S/C49H29N3S2/c1-2-12-31(13-3-1)41-29-42(51-48(50-41)40-21-11-20-38-35-16-6-8-22-43(35)53-47(38)40)32-26-24-30(25-27-32)33-14-10-15-34(28-33)46-37-18-5-4-17-36(37)45-39-19-7-9-23-44(39)54-49(45)52-46/h1-29H. The zero-order chi connectivity index (χ0) is 35.6. The lowest BCUT2D eigenvalue weighted by molar-refractivity contribution is 1.19. The van der Waals surface area contributed by atoms with Crippen LogP contribution in [0, 0.1) is 0 Å². The van der Waals surface area contributed by atoms with Gasteiger partial charge in [-0.15, -0.1) is 22.7 Å². The van der Waals surface area contributed by atoms with E-state index < -0.39 is 0 Å². The summed E-state index contributed by atoms with van der Waals surface area (Å²) in [7, 11) is 0. The Hall–Kier alpha value is -6.53. The molecule has 54 heavy (non-hydrogen) atoms. The molecule has 0 saturated heterocycles. The van der Waals surface area contributed by atoms with E-state index in [1.54, 1.807) is 22.7 Å². The van der Waals surface area contributed by atoms with Gasteiger partial charge in [0.25, 0.3) is 0 Å².